The number of carbonyl (C=O) groups excluding carboxylic acids is 2. The molecule has 8 heteroatoms. The van der Waals surface area contributed by atoms with Crippen molar-refractivity contribution in [2.75, 3.05) is 32.8 Å². The molecule has 1 fully saturated rings. The second-order valence-electron chi connectivity index (χ2n) is 7.40. The molecule has 2 aliphatic rings. The molecule has 1 atom stereocenters. The third-order valence-electron chi connectivity index (χ3n) is 4.72. The molecule has 146 valence electrons. The molecule has 0 spiro atoms. The number of rotatable bonds is 5. The standard InChI is InChI=1S/C19H26N4O4/c1-13(2)9-14-10-16(21-19(26)20-14)18(25)23-7-8-27-12-15(23)11-17(24)22-5-3-4-6-22/h3-4,10,13,15H,5-9,11-12H2,1-2H3,(H,20,21,26)/t15-/m0/s1. The second kappa shape index (κ2) is 8.47. The van der Waals surface area contributed by atoms with Crippen molar-refractivity contribution in [1.82, 2.24) is 19.8 Å². The van der Waals surface area contributed by atoms with Crippen molar-refractivity contribution in [1.29, 1.82) is 0 Å². The first-order valence-electron chi connectivity index (χ1n) is 9.35. The maximum atomic E-state index is 13.0. The largest absolute Gasteiger partial charge is 0.377 e. The number of aromatic nitrogens is 2. The van der Waals surface area contributed by atoms with Crippen LogP contribution in [0.25, 0.3) is 0 Å². The number of H-pyrrole nitrogens is 1. The average molecular weight is 374 g/mol. The van der Waals surface area contributed by atoms with E-state index in [0.717, 1.165) is 0 Å². The lowest BCUT2D eigenvalue weighted by molar-refractivity contribution is -0.132. The Morgan fingerprint density at radius 1 is 1.33 bits per heavy atom. The van der Waals surface area contributed by atoms with Crippen LogP contribution in [0.4, 0.5) is 0 Å². The van der Waals surface area contributed by atoms with E-state index in [9.17, 15) is 14.4 Å². The maximum absolute atomic E-state index is 13.0. The van der Waals surface area contributed by atoms with Crippen LogP contribution in [0.5, 0.6) is 0 Å². The fourth-order valence-electron chi connectivity index (χ4n) is 3.42. The summed E-state index contributed by atoms with van der Waals surface area (Å²) >= 11 is 0. The van der Waals surface area contributed by atoms with Crippen LogP contribution in [-0.4, -0.2) is 70.5 Å². The molecule has 2 amide bonds. The van der Waals surface area contributed by atoms with Crippen molar-refractivity contribution in [3.63, 3.8) is 0 Å². The smallest absolute Gasteiger partial charge is 0.345 e. The number of amides is 2. The number of nitrogens with zero attached hydrogens (tertiary/aromatic N) is 3. The van der Waals surface area contributed by atoms with Crippen LogP contribution >= 0.6 is 0 Å². The van der Waals surface area contributed by atoms with Gasteiger partial charge in [-0.3, -0.25) is 9.59 Å². The van der Waals surface area contributed by atoms with Gasteiger partial charge in [0, 0.05) is 31.7 Å². The van der Waals surface area contributed by atoms with Gasteiger partial charge in [-0.15, -0.1) is 0 Å². The SMILES string of the molecule is CC(C)Cc1cc(C(=O)N2CCOC[C@@H]2CC(=O)N2CC=CC2)nc(=O)[nH]1. The predicted molar refractivity (Wildman–Crippen MR) is 99.4 cm³/mol. The Kier molecular flexibility index (Phi) is 6.05. The number of aromatic amines is 1. The highest BCUT2D eigenvalue weighted by Crippen LogP contribution is 2.16. The molecular formula is C19H26N4O4. The van der Waals surface area contributed by atoms with E-state index in [-0.39, 0.29) is 30.0 Å². The Morgan fingerprint density at radius 3 is 2.78 bits per heavy atom. The molecule has 3 heterocycles. The van der Waals surface area contributed by atoms with Gasteiger partial charge < -0.3 is 19.5 Å². The van der Waals surface area contributed by atoms with Gasteiger partial charge in [-0.05, 0) is 18.4 Å². The number of morpholine rings is 1. The van der Waals surface area contributed by atoms with Gasteiger partial charge in [0.1, 0.15) is 5.69 Å². The van der Waals surface area contributed by atoms with E-state index in [2.05, 4.69) is 9.97 Å². The topological polar surface area (TPSA) is 95.6 Å². The van der Waals surface area contributed by atoms with Crippen molar-refractivity contribution in [2.24, 2.45) is 5.92 Å². The van der Waals surface area contributed by atoms with E-state index in [0.29, 0.717) is 50.9 Å². The molecule has 1 saturated heterocycles. The molecule has 0 saturated carbocycles. The first-order valence-corrected chi connectivity index (χ1v) is 9.35. The fraction of sp³-hybridized carbons (Fsp3) is 0.579. The van der Waals surface area contributed by atoms with Gasteiger partial charge in [-0.2, -0.15) is 4.98 Å². The second-order valence-corrected chi connectivity index (χ2v) is 7.40. The van der Waals surface area contributed by atoms with Crippen LogP contribution in [-0.2, 0) is 16.0 Å². The van der Waals surface area contributed by atoms with Gasteiger partial charge in [-0.1, -0.05) is 26.0 Å². The number of nitrogens with one attached hydrogen (secondary N) is 1. The number of carbonyl (C=O) groups is 2. The summed E-state index contributed by atoms with van der Waals surface area (Å²) in [5, 5.41) is 0. The van der Waals surface area contributed by atoms with Crippen molar-refractivity contribution in [2.45, 2.75) is 32.7 Å². The third kappa shape index (κ3) is 4.82. The molecular weight excluding hydrogens is 348 g/mol. The summed E-state index contributed by atoms with van der Waals surface area (Å²) in [5.41, 5.74) is 0.287. The number of hydrogen-bond acceptors (Lipinski definition) is 5. The Bertz CT molecular complexity index is 778. The van der Waals surface area contributed by atoms with Crippen LogP contribution in [0.1, 0.15) is 36.5 Å². The number of ether oxygens (including phenoxy) is 1. The van der Waals surface area contributed by atoms with Crippen LogP contribution in [0.2, 0.25) is 0 Å². The van der Waals surface area contributed by atoms with E-state index in [1.54, 1.807) is 15.9 Å². The highest BCUT2D eigenvalue weighted by atomic mass is 16.5. The van der Waals surface area contributed by atoms with Gasteiger partial charge in [0.2, 0.25) is 5.91 Å². The minimum Gasteiger partial charge on any atom is -0.377 e. The predicted octanol–water partition coefficient (Wildman–Crippen LogP) is 0.598. The fourth-order valence-corrected chi connectivity index (χ4v) is 3.42. The molecule has 0 unspecified atom stereocenters. The summed E-state index contributed by atoms with van der Waals surface area (Å²) in [6, 6.07) is 1.29. The van der Waals surface area contributed by atoms with Crippen LogP contribution < -0.4 is 5.69 Å². The van der Waals surface area contributed by atoms with Crippen LogP contribution in [0.15, 0.2) is 23.0 Å². The Labute approximate surface area is 158 Å². The molecule has 3 rings (SSSR count). The summed E-state index contributed by atoms with van der Waals surface area (Å²) in [6.07, 6.45) is 4.77. The summed E-state index contributed by atoms with van der Waals surface area (Å²) in [7, 11) is 0. The van der Waals surface area contributed by atoms with E-state index < -0.39 is 5.69 Å². The van der Waals surface area contributed by atoms with E-state index in [1.165, 1.54) is 0 Å². The lowest BCUT2D eigenvalue weighted by atomic mass is 10.1. The average Bonchev–Trinajstić information content (AvgIpc) is 3.15. The normalized spacial score (nSPS) is 19.7. The van der Waals surface area contributed by atoms with Crippen LogP contribution in [0, 0.1) is 5.92 Å². The molecule has 1 N–H and O–H groups in total. The van der Waals surface area contributed by atoms with Crippen molar-refractivity contribution in [3.8, 4) is 0 Å². The molecule has 0 aliphatic carbocycles. The van der Waals surface area contributed by atoms with E-state index in [4.69, 9.17) is 4.74 Å². The molecule has 1 aromatic heterocycles. The van der Waals surface area contributed by atoms with Gasteiger partial charge in [-0.25, -0.2) is 4.79 Å². The summed E-state index contributed by atoms with van der Waals surface area (Å²) in [5.74, 6) is 0.00764. The lowest BCUT2D eigenvalue weighted by Gasteiger charge is -2.35. The molecule has 0 bridgehead atoms. The zero-order valence-electron chi connectivity index (χ0n) is 15.8. The van der Waals surface area contributed by atoms with E-state index in [1.807, 2.05) is 26.0 Å². The minimum atomic E-state index is -0.527. The molecule has 2 aliphatic heterocycles. The van der Waals surface area contributed by atoms with Gasteiger partial charge >= 0.3 is 5.69 Å². The molecule has 0 aromatic carbocycles. The van der Waals surface area contributed by atoms with Crippen molar-refractivity contribution in [3.05, 3.63) is 40.1 Å². The summed E-state index contributed by atoms with van der Waals surface area (Å²) < 4.78 is 5.49. The Hall–Kier alpha value is -2.48. The number of hydrogen-bond donors (Lipinski definition) is 1. The van der Waals surface area contributed by atoms with Crippen molar-refractivity contribution < 1.29 is 14.3 Å². The molecule has 27 heavy (non-hydrogen) atoms. The zero-order valence-corrected chi connectivity index (χ0v) is 15.8. The van der Waals surface area contributed by atoms with Gasteiger partial charge in [0.25, 0.3) is 5.91 Å². The molecule has 0 radical (unpaired) electrons. The summed E-state index contributed by atoms with van der Waals surface area (Å²) in [6.45, 7) is 6.38. The van der Waals surface area contributed by atoms with E-state index >= 15 is 0 Å². The van der Waals surface area contributed by atoms with Gasteiger partial charge in [0.15, 0.2) is 0 Å². The van der Waals surface area contributed by atoms with Crippen LogP contribution in [0.3, 0.4) is 0 Å². The van der Waals surface area contributed by atoms with Gasteiger partial charge in [0.05, 0.1) is 19.3 Å². The zero-order chi connectivity index (χ0) is 19.4. The quantitative estimate of drug-likeness (QED) is 0.762. The molecule has 1 aromatic rings. The monoisotopic (exact) mass is 374 g/mol. The van der Waals surface area contributed by atoms with Crippen molar-refractivity contribution >= 4 is 11.8 Å². The third-order valence-corrected chi connectivity index (χ3v) is 4.72. The highest BCUT2D eigenvalue weighted by molar-refractivity contribution is 5.93. The maximum Gasteiger partial charge on any atom is 0.345 e. The Balaban J connectivity index is 1.75. The minimum absolute atomic E-state index is 0.00679. The summed E-state index contributed by atoms with van der Waals surface area (Å²) in [4.78, 5) is 47.3. The first kappa shape index (κ1) is 19.3. The highest BCUT2D eigenvalue weighted by Gasteiger charge is 2.32. The first-order chi connectivity index (χ1) is 12.9. The Morgan fingerprint density at radius 2 is 2.07 bits per heavy atom. The molecule has 8 nitrogen and oxygen atoms in total. The lowest BCUT2D eigenvalue weighted by Crippen LogP contribution is -2.51.